The van der Waals surface area contributed by atoms with Gasteiger partial charge in [0.15, 0.2) is 12.4 Å². The van der Waals surface area contributed by atoms with Crippen molar-refractivity contribution in [3.63, 3.8) is 0 Å². The first-order valence-corrected chi connectivity index (χ1v) is 9.32. The van der Waals surface area contributed by atoms with Gasteiger partial charge in [-0.2, -0.15) is 0 Å². The van der Waals surface area contributed by atoms with E-state index in [1.54, 1.807) is 54.6 Å². The van der Waals surface area contributed by atoms with Gasteiger partial charge in [-0.05, 0) is 42.3 Å². The number of carbonyl (C=O) groups excluding carboxylic acids is 3. The maximum absolute atomic E-state index is 12.3. The molecule has 0 atom stereocenters. The Morgan fingerprint density at radius 1 is 0.793 bits per heavy atom. The third-order valence-electron chi connectivity index (χ3n) is 4.41. The molecular weight excluding hydrogens is 366 g/mol. The number of Topliss-reactive ketones (excluding diaryl/α,β-unsaturated/α-hetero) is 1. The summed E-state index contributed by atoms with van der Waals surface area (Å²) in [5, 5.41) is 2.74. The second-order valence-corrected chi connectivity index (χ2v) is 6.45. The standard InChI is InChI=1S/C24H21NO4/c1-2-17-11-13-18(14-12-17)22(26)16-29-24(28)20-9-6-10-21(15-20)25-23(27)19-7-4-3-5-8-19/h3-15H,2,16H2,1H3,(H,25,27). The van der Waals surface area contributed by atoms with Gasteiger partial charge >= 0.3 is 5.97 Å². The molecule has 0 radical (unpaired) electrons. The largest absolute Gasteiger partial charge is 0.454 e. The summed E-state index contributed by atoms with van der Waals surface area (Å²) in [5.74, 6) is -1.17. The van der Waals surface area contributed by atoms with Crippen molar-refractivity contribution in [3.8, 4) is 0 Å². The van der Waals surface area contributed by atoms with Gasteiger partial charge in [-0.3, -0.25) is 9.59 Å². The van der Waals surface area contributed by atoms with E-state index in [9.17, 15) is 14.4 Å². The molecule has 3 aromatic rings. The molecule has 0 aromatic heterocycles. The van der Waals surface area contributed by atoms with Gasteiger partial charge in [0.2, 0.25) is 0 Å². The number of hydrogen-bond acceptors (Lipinski definition) is 4. The Hall–Kier alpha value is -3.73. The summed E-state index contributed by atoms with van der Waals surface area (Å²) in [4.78, 5) is 36.8. The Balaban J connectivity index is 1.60. The van der Waals surface area contributed by atoms with E-state index in [0.717, 1.165) is 12.0 Å². The number of rotatable bonds is 7. The average Bonchev–Trinajstić information content (AvgIpc) is 2.78. The zero-order valence-corrected chi connectivity index (χ0v) is 16.1. The lowest BCUT2D eigenvalue weighted by molar-refractivity contribution is 0.0474. The van der Waals surface area contributed by atoms with Crippen molar-refractivity contribution < 1.29 is 19.1 Å². The van der Waals surface area contributed by atoms with Gasteiger partial charge < -0.3 is 10.1 Å². The molecule has 0 aliphatic heterocycles. The van der Waals surface area contributed by atoms with Crippen molar-refractivity contribution in [3.05, 3.63) is 101 Å². The minimum Gasteiger partial charge on any atom is -0.454 e. The van der Waals surface area contributed by atoms with E-state index in [-0.39, 0.29) is 23.9 Å². The highest BCUT2D eigenvalue weighted by Gasteiger charge is 2.13. The van der Waals surface area contributed by atoms with E-state index < -0.39 is 5.97 Å². The van der Waals surface area contributed by atoms with Crippen LogP contribution in [0.2, 0.25) is 0 Å². The maximum Gasteiger partial charge on any atom is 0.338 e. The smallest absolute Gasteiger partial charge is 0.338 e. The number of amides is 1. The summed E-state index contributed by atoms with van der Waals surface area (Å²) in [5.41, 5.74) is 2.87. The van der Waals surface area contributed by atoms with Gasteiger partial charge in [0, 0.05) is 16.8 Å². The van der Waals surface area contributed by atoms with E-state index in [1.807, 2.05) is 25.1 Å². The number of anilines is 1. The molecule has 0 saturated carbocycles. The van der Waals surface area contributed by atoms with Crippen molar-refractivity contribution >= 4 is 23.3 Å². The maximum atomic E-state index is 12.3. The molecule has 3 aromatic carbocycles. The molecule has 0 bridgehead atoms. The van der Waals surface area contributed by atoms with E-state index >= 15 is 0 Å². The molecule has 0 heterocycles. The van der Waals surface area contributed by atoms with Crippen molar-refractivity contribution in [2.45, 2.75) is 13.3 Å². The van der Waals surface area contributed by atoms with Crippen LogP contribution in [0.25, 0.3) is 0 Å². The van der Waals surface area contributed by atoms with Crippen molar-refractivity contribution in [1.29, 1.82) is 0 Å². The summed E-state index contributed by atoms with van der Waals surface area (Å²) < 4.78 is 5.14. The van der Waals surface area contributed by atoms with Crippen LogP contribution in [-0.4, -0.2) is 24.3 Å². The number of carbonyl (C=O) groups is 3. The van der Waals surface area contributed by atoms with Gasteiger partial charge in [-0.1, -0.05) is 55.5 Å². The first-order chi connectivity index (χ1) is 14.1. The number of ether oxygens (including phenoxy) is 1. The molecule has 146 valence electrons. The molecular formula is C24H21NO4. The molecule has 0 aliphatic carbocycles. The van der Waals surface area contributed by atoms with E-state index in [2.05, 4.69) is 5.32 Å². The highest BCUT2D eigenvalue weighted by atomic mass is 16.5. The summed E-state index contributed by atoms with van der Waals surface area (Å²) in [6.07, 6.45) is 0.889. The lowest BCUT2D eigenvalue weighted by atomic mass is 10.1. The highest BCUT2D eigenvalue weighted by molar-refractivity contribution is 6.05. The minimum atomic E-state index is -0.626. The molecule has 3 rings (SSSR count). The minimum absolute atomic E-state index is 0.255. The van der Waals surface area contributed by atoms with Gasteiger partial charge in [-0.25, -0.2) is 4.79 Å². The molecule has 1 N–H and O–H groups in total. The number of hydrogen-bond donors (Lipinski definition) is 1. The topological polar surface area (TPSA) is 72.5 Å². The lowest BCUT2D eigenvalue weighted by Crippen LogP contribution is -2.15. The molecule has 0 unspecified atom stereocenters. The number of aryl methyl sites for hydroxylation is 1. The van der Waals surface area contributed by atoms with Gasteiger partial charge in [0.25, 0.3) is 5.91 Å². The second-order valence-electron chi connectivity index (χ2n) is 6.45. The number of esters is 1. The lowest BCUT2D eigenvalue weighted by Gasteiger charge is -2.08. The van der Waals surface area contributed by atoms with Crippen LogP contribution < -0.4 is 5.32 Å². The Kier molecular flexibility index (Phi) is 6.53. The Morgan fingerprint density at radius 2 is 1.48 bits per heavy atom. The molecule has 5 heteroatoms. The van der Waals surface area contributed by atoms with E-state index in [1.165, 1.54) is 6.07 Å². The van der Waals surface area contributed by atoms with Gasteiger partial charge in [-0.15, -0.1) is 0 Å². The van der Waals surface area contributed by atoms with Crippen LogP contribution in [0, 0.1) is 0 Å². The van der Waals surface area contributed by atoms with Crippen LogP contribution >= 0.6 is 0 Å². The first-order valence-electron chi connectivity index (χ1n) is 9.32. The molecule has 1 amide bonds. The van der Waals surface area contributed by atoms with Crippen molar-refractivity contribution in [2.75, 3.05) is 11.9 Å². The number of nitrogens with one attached hydrogen (secondary N) is 1. The fourth-order valence-corrected chi connectivity index (χ4v) is 2.74. The molecule has 0 aliphatic rings. The first kappa shape index (κ1) is 20.0. The Bertz CT molecular complexity index is 1010. The summed E-state index contributed by atoms with van der Waals surface area (Å²) in [6.45, 7) is 1.69. The molecule has 0 fully saturated rings. The fourth-order valence-electron chi connectivity index (χ4n) is 2.74. The van der Waals surface area contributed by atoms with Gasteiger partial charge in [0.05, 0.1) is 5.56 Å². The number of benzene rings is 3. The predicted molar refractivity (Wildman–Crippen MR) is 111 cm³/mol. The summed E-state index contributed by atoms with van der Waals surface area (Å²) >= 11 is 0. The molecule has 29 heavy (non-hydrogen) atoms. The zero-order chi connectivity index (χ0) is 20.6. The van der Waals surface area contributed by atoms with Crippen LogP contribution in [0.15, 0.2) is 78.9 Å². The fraction of sp³-hybridized carbons (Fsp3) is 0.125. The monoisotopic (exact) mass is 387 g/mol. The molecule has 0 spiro atoms. The third kappa shape index (κ3) is 5.39. The van der Waals surface area contributed by atoms with Crippen molar-refractivity contribution in [2.24, 2.45) is 0 Å². The second kappa shape index (κ2) is 9.46. The molecule has 0 saturated heterocycles. The van der Waals surface area contributed by atoms with E-state index in [0.29, 0.717) is 16.8 Å². The van der Waals surface area contributed by atoms with Crippen LogP contribution in [-0.2, 0) is 11.2 Å². The van der Waals surface area contributed by atoms with Crippen LogP contribution in [0.4, 0.5) is 5.69 Å². The Morgan fingerprint density at radius 3 is 2.17 bits per heavy atom. The summed E-state index contributed by atoms with van der Waals surface area (Å²) in [6, 6.07) is 22.4. The quantitative estimate of drug-likeness (QED) is 0.477. The van der Waals surface area contributed by atoms with Crippen LogP contribution in [0.5, 0.6) is 0 Å². The average molecular weight is 387 g/mol. The van der Waals surface area contributed by atoms with E-state index in [4.69, 9.17) is 4.74 Å². The molecule has 5 nitrogen and oxygen atoms in total. The van der Waals surface area contributed by atoms with Crippen LogP contribution in [0.1, 0.15) is 43.6 Å². The van der Waals surface area contributed by atoms with Gasteiger partial charge in [0.1, 0.15) is 0 Å². The van der Waals surface area contributed by atoms with Crippen molar-refractivity contribution in [1.82, 2.24) is 0 Å². The van der Waals surface area contributed by atoms with Crippen LogP contribution in [0.3, 0.4) is 0 Å². The zero-order valence-electron chi connectivity index (χ0n) is 16.1. The Labute approximate surface area is 169 Å². The highest BCUT2D eigenvalue weighted by Crippen LogP contribution is 2.14. The SMILES string of the molecule is CCc1ccc(C(=O)COC(=O)c2cccc(NC(=O)c3ccccc3)c2)cc1. The summed E-state index contributed by atoms with van der Waals surface area (Å²) in [7, 11) is 0. The normalized spacial score (nSPS) is 10.2. The third-order valence-corrected chi connectivity index (χ3v) is 4.41. The predicted octanol–water partition coefficient (Wildman–Crippen LogP) is 4.54. The number of ketones is 1.